The Morgan fingerprint density at radius 3 is 2.19 bits per heavy atom. The number of hydrogen-bond acceptors (Lipinski definition) is 3. The molecule has 6 nitrogen and oxygen atoms in total. The van der Waals surface area contributed by atoms with Gasteiger partial charge >= 0.3 is 5.97 Å². The maximum Gasteiger partial charge on any atom is 0.305 e. The highest BCUT2D eigenvalue weighted by molar-refractivity contribution is 5.91. The number of imidazole rings is 1. The normalized spacial score (nSPS) is 17.4. The smallest absolute Gasteiger partial charge is 0.305 e. The van der Waals surface area contributed by atoms with E-state index in [1.165, 1.54) is 12.9 Å². The SMILES string of the molecule is COC(=O)CCCC[n+]1ccn(C2CCC(C(C(N)=O)(c3ccccc3)c3ccccc3)C2)c1C.[Br-]. The van der Waals surface area contributed by atoms with E-state index in [0.717, 1.165) is 49.8 Å². The molecule has 2 atom stereocenters. The van der Waals surface area contributed by atoms with Crippen molar-refractivity contribution in [2.24, 2.45) is 11.7 Å². The number of benzene rings is 2. The van der Waals surface area contributed by atoms with Crippen LogP contribution in [0.25, 0.3) is 0 Å². The molecule has 2 unspecified atom stereocenters. The van der Waals surface area contributed by atoms with E-state index in [4.69, 9.17) is 10.5 Å². The summed E-state index contributed by atoms with van der Waals surface area (Å²) in [6.45, 7) is 3.01. The minimum Gasteiger partial charge on any atom is -1.00 e. The average Bonchev–Trinajstić information content (AvgIpc) is 3.50. The molecule has 2 N–H and O–H groups in total. The van der Waals surface area contributed by atoms with Crippen molar-refractivity contribution in [3.05, 3.63) is 90.0 Å². The van der Waals surface area contributed by atoms with E-state index in [9.17, 15) is 9.59 Å². The van der Waals surface area contributed by atoms with Crippen molar-refractivity contribution >= 4 is 11.9 Å². The average molecular weight is 555 g/mol. The zero-order valence-electron chi connectivity index (χ0n) is 21.1. The Balaban J connectivity index is 0.00000361. The second-order valence-electron chi connectivity index (χ2n) is 9.55. The number of hydrogen-bond donors (Lipinski definition) is 1. The van der Waals surface area contributed by atoms with Crippen LogP contribution in [0.3, 0.4) is 0 Å². The summed E-state index contributed by atoms with van der Waals surface area (Å²) in [5.74, 6) is 0.851. The zero-order valence-corrected chi connectivity index (χ0v) is 22.7. The van der Waals surface area contributed by atoms with Crippen molar-refractivity contribution in [3.63, 3.8) is 0 Å². The van der Waals surface area contributed by atoms with Gasteiger partial charge in [-0.1, -0.05) is 60.7 Å². The monoisotopic (exact) mass is 553 g/mol. The molecule has 192 valence electrons. The molecule has 1 amide bonds. The summed E-state index contributed by atoms with van der Waals surface area (Å²) in [7, 11) is 1.43. The molecule has 1 fully saturated rings. The Bertz CT molecular complexity index is 1110. The maximum atomic E-state index is 13.3. The lowest BCUT2D eigenvalue weighted by molar-refractivity contribution is -0.703. The van der Waals surface area contributed by atoms with Crippen molar-refractivity contribution in [2.45, 2.75) is 63.5 Å². The van der Waals surface area contributed by atoms with Gasteiger partial charge in [-0.25, -0.2) is 9.13 Å². The predicted octanol–water partition coefficient (Wildman–Crippen LogP) is 1.24. The molecule has 1 heterocycles. The molecule has 1 aliphatic rings. The molecule has 7 heteroatoms. The number of carbonyl (C=O) groups is 2. The Kier molecular flexibility index (Phi) is 9.49. The molecular weight excluding hydrogens is 518 g/mol. The summed E-state index contributed by atoms with van der Waals surface area (Å²) in [6, 6.07) is 20.4. The fourth-order valence-corrected chi connectivity index (χ4v) is 5.92. The van der Waals surface area contributed by atoms with E-state index >= 15 is 0 Å². The van der Waals surface area contributed by atoms with Gasteiger partial charge in [-0.15, -0.1) is 0 Å². The lowest BCUT2D eigenvalue weighted by atomic mass is 9.64. The minimum absolute atomic E-state index is 0. The first-order chi connectivity index (χ1) is 17.0. The highest BCUT2D eigenvalue weighted by atomic mass is 79.9. The maximum absolute atomic E-state index is 13.3. The van der Waals surface area contributed by atoms with Gasteiger partial charge in [-0.2, -0.15) is 0 Å². The van der Waals surface area contributed by atoms with Crippen molar-refractivity contribution in [1.82, 2.24) is 4.57 Å². The number of unbranched alkanes of at least 4 members (excludes halogenated alkanes) is 1. The fraction of sp³-hybridized carbons (Fsp3) is 0.414. The summed E-state index contributed by atoms with van der Waals surface area (Å²) < 4.78 is 9.33. The second-order valence-corrected chi connectivity index (χ2v) is 9.55. The second kappa shape index (κ2) is 12.3. The van der Waals surface area contributed by atoms with Gasteiger partial charge in [0.1, 0.15) is 23.9 Å². The molecular formula is C29H36BrN3O3. The van der Waals surface area contributed by atoms with Crippen LogP contribution >= 0.6 is 0 Å². The fourth-order valence-electron chi connectivity index (χ4n) is 5.92. The van der Waals surface area contributed by atoms with Gasteiger partial charge in [-0.05, 0) is 49.1 Å². The summed E-state index contributed by atoms with van der Waals surface area (Å²) >= 11 is 0. The lowest BCUT2D eigenvalue weighted by Gasteiger charge is -2.37. The Morgan fingerprint density at radius 2 is 1.64 bits per heavy atom. The van der Waals surface area contributed by atoms with Gasteiger partial charge in [0.2, 0.25) is 5.91 Å². The Morgan fingerprint density at radius 1 is 1.03 bits per heavy atom. The van der Waals surface area contributed by atoms with E-state index in [1.54, 1.807) is 0 Å². The lowest BCUT2D eigenvalue weighted by Crippen LogP contribution is -3.00. The van der Waals surface area contributed by atoms with Crippen molar-refractivity contribution in [1.29, 1.82) is 0 Å². The predicted molar refractivity (Wildman–Crippen MR) is 134 cm³/mol. The molecule has 1 aliphatic carbocycles. The number of halogens is 1. The molecule has 0 saturated heterocycles. The first-order valence-electron chi connectivity index (χ1n) is 12.5. The van der Waals surface area contributed by atoms with Crippen LogP contribution < -0.4 is 27.3 Å². The molecule has 4 rings (SSSR count). The molecule has 1 aromatic heterocycles. The highest BCUT2D eigenvalue weighted by Crippen LogP contribution is 2.49. The van der Waals surface area contributed by atoms with Crippen LogP contribution in [0.5, 0.6) is 0 Å². The van der Waals surface area contributed by atoms with Crippen LogP contribution in [0, 0.1) is 12.8 Å². The van der Waals surface area contributed by atoms with Gasteiger partial charge in [0, 0.05) is 13.3 Å². The van der Waals surface area contributed by atoms with E-state index in [0.29, 0.717) is 12.5 Å². The van der Waals surface area contributed by atoms with E-state index in [2.05, 4.69) is 28.5 Å². The van der Waals surface area contributed by atoms with Crippen LogP contribution in [-0.2, 0) is 26.3 Å². The number of nitrogens with zero attached hydrogens (tertiary/aromatic N) is 2. The third-order valence-corrected chi connectivity index (χ3v) is 7.71. The molecule has 3 aromatic rings. The van der Waals surface area contributed by atoms with Crippen LogP contribution in [-0.4, -0.2) is 23.6 Å². The van der Waals surface area contributed by atoms with Gasteiger partial charge in [0.25, 0.3) is 5.82 Å². The number of nitrogens with two attached hydrogens (primary N) is 1. The van der Waals surface area contributed by atoms with Crippen LogP contribution in [0.4, 0.5) is 0 Å². The van der Waals surface area contributed by atoms with E-state index < -0.39 is 5.41 Å². The Hall–Kier alpha value is -2.93. The number of aromatic nitrogens is 2. The number of methoxy groups -OCH3 is 1. The minimum atomic E-state index is -0.859. The molecule has 0 bridgehead atoms. The van der Waals surface area contributed by atoms with E-state index in [1.807, 2.05) is 60.7 Å². The van der Waals surface area contributed by atoms with Crippen LogP contribution in [0.15, 0.2) is 73.1 Å². The van der Waals surface area contributed by atoms with Gasteiger partial charge in [0.15, 0.2) is 0 Å². The first kappa shape index (κ1) is 27.7. The molecule has 0 radical (unpaired) electrons. The van der Waals surface area contributed by atoms with Gasteiger partial charge in [0.05, 0.1) is 13.7 Å². The first-order valence-corrected chi connectivity index (χ1v) is 12.5. The van der Waals surface area contributed by atoms with E-state index in [-0.39, 0.29) is 34.8 Å². The number of ether oxygens (including phenoxy) is 1. The van der Waals surface area contributed by atoms with Crippen LogP contribution in [0.2, 0.25) is 0 Å². The van der Waals surface area contributed by atoms with Gasteiger partial charge < -0.3 is 27.5 Å². The molecule has 0 aliphatic heterocycles. The molecule has 1 saturated carbocycles. The summed E-state index contributed by atoms with van der Waals surface area (Å²) in [5, 5.41) is 0. The number of primary amides is 1. The highest BCUT2D eigenvalue weighted by Gasteiger charge is 2.51. The largest absolute Gasteiger partial charge is 1.00 e. The number of esters is 1. The Labute approximate surface area is 224 Å². The third kappa shape index (κ3) is 5.41. The van der Waals surface area contributed by atoms with Crippen molar-refractivity contribution in [2.75, 3.05) is 7.11 Å². The molecule has 2 aromatic carbocycles. The quantitative estimate of drug-likeness (QED) is 0.233. The zero-order chi connectivity index (χ0) is 24.8. The summed E-state index contributed by atoms with van der Waals surface area (Å²) in [5.41, 5.74) is 7.33. The molecule has 36 heavy (non-hydrogen) atoms. The van der Waals surface area contributed by atoms with Crippen LogP contribution in [0.1, 0.15) is 61.5 Å². The number of aryl methyl sites for hydroxylation is 1. The number of amides is 1. The third-order valence-electron chi connectivity index (χ3n) is 7.71. The summed E-state index contributed by atoms with van der Waals surface area (Å²) in [6.07, 6.45) is 9.26. The number of carbonyl (C=O) groups excluding carboxylic acids is 2. The van der Waals surface area contributed by atoms with Gasteiger partial charge in [-0.3, -0.25) is 9.59 Å². The summed E-state index contributed by atoms with van der Waals surface area (Å²) in [4.78, 5) is 24.7. The standard InChI is InChI=1S/C29H35N3O3.BrH/c1-22-31(18-10-9-15-27(33)35-2)19-20-32(22)26-17-16-25(21-26)29(28(30)34,23-11-5-3-6-12-23)24-13-7-4-8-14-24;/h3-8,11-14,19-20,25-26H,9-10,15-18,21H2,1-2H3,(H-,30,34);1H. The number of rotatable bonds is 10. The van der Waals surface area contributed by atoms with Crippen molar-refractivity contribution < 1.29 is 35.9 Å². The topological polar surface area (TPSA) is 78.2 Å². The molecule has 0 spiro atoms. The van der Waals surface area contributed by atoms with Crippen molar-refractivity contribution in [3.8, 4) is 0 Å².